The highest BCUT2D eigenvalue weighted by molar-refractivity contribution is 6.63. The van der Waals surface area contributed by atoms with Crippen molar-refractivity contribution in [1.29, 1.82) is 0 Å². The molecule has 0 bridgehead atoms. The van der Waals surface area contributed by atoms with Gasteiger partial charge in [-0.25, -0.2) is 4.68 Å². The number of rotatable bonds is 4. The Morgan fingerprint density at radius 2 is 1.72 bits per heavy atom. The zero-order valence-electron chi connectivity index (χ0n) is 14.9. The Balaban J connectivity index is 1.90. The third kappa shape index (κ3) is 3.89. The van der Waals surface area contributed by atoms with Crippen LogP contribution in [0.4, 0.5) is 13.2 Å². The second-order valence-corrected chi connectivity index (χ2v) is 6.98. The standard InChI is InChI=1S/C22H14ClF3N2O/c23-20(29)11-15-13-28(17-8-4-7-16(12-17)22(24,25)26)27-21(15)19-10-3-6-14-5-1-2-9-18(14)19/h1-10,12-13H,11H2. The molecule has 29 heavy (non-hydrogen) atoms. The summed E-state index contributed by atoms with van der Waals surface area (Å²) in [6, 6.07) is 18.2. The van der Waals surface area contributed by atoms with Crippen molar-refractivity contribution in [2.45, 2.75) is 12.6 Å². The number of alkyl halides is 3. The minimum absolute atomic E-state index is 0.0843. The van der Waals surface area contributed by atoms with Crippen LogP contribution in [0.5, 0.6) is 0 Å². The quantitative estimate of drug-likeness (QED) is 0.383. The maximum absolute atomic E-state index is 13.1. The van der Waals surface area contributed by atoms with Gasteiger partial charge in [0.05, 0.1) is 23.4 Å². The fourth-order valence-corrected chi connectivity index (χ4v) is 3.45. The third-order valence-electron chi connectivity index (χ3n) is 4.60. The summed E-state index contributed by atoms with van der Waals surface area (Å²) in [7, 11) is 0. The van der Waals surface area contributed by atoms with Gasteiger partial charge in [-0.3, -0.25) is 4.79 Å². The van der Waals surface area contributed by atoms with Crippen LogP contribution in [0.15, 0.2) is 72.9 Å². The summed E-state index contributed by atoms with van der Waals surface area (Å²) in [5.41, 5.74) is 1.30. The lowest BCUT2D eigenvalue weighted by Crippen LogP contribution is -2.06. The largest absolute Gasteiger partial charge is 0.416 e. The highest BCUT2D eigenvalue weighted by Gasteiger charge is 2.30. The predicted octanol–water partition coefficient (Wildman–Crippen LogP) is 6.02. The van der Waals surface area contributed by atoms with Crippen molar-refractivity contribution in [2.75, 3.05) is 0 Å². The van der Waals surface area contributed by atoms with Gasteiger partial charge in [0.1, 0.15) is 0 Å². The zero-order chi connectivity index (χ0) is 20.6. The highest BCUT2D eigenvalue weighted by atomic mass is 35.5. The van der Waals surface area contributed by atoms with Crippen molar-refractivity contribution in [3.63, 3.8) is 0 Å². The average Bonchev–Trinajstić information content (AvgIpc) is 3.10. The number of nitrogens with zero attached hydrogens (tertiary/aromatic N) is 2. The van der Waals surface area contributed by atoms with Crippen LogP contribution in [0.2, 0.25) is 0 Å². The SMILES string of the molecule is O=C(Cl)Cc1cn(-c2cccc(C(F)(F)F)c2)nc1-c1cccc2ccccc12. The first-order valence-corrected chi connectivity index (χ1v) is 9.13. The Hall–Kier alpha value is -3.12. The summed E-state index contributed by atoms with van der Waals surface area (Å²) in [5, 5.41) is 5.85. The van der Waals surface area contributed by atoms with Crippen LogP contribution in [0.1, 0.15) is 11.1 Å². The smallest absolute Gasteiger partial charge is 0.281 e. The second-order valence-electron chi connectivity index (χ2n) is 6.55. The van der Waals surface area contributed by atoms with Gasteiger partial charge in [0.25, 0.3) is 0 Å². The van der Waals surface area contributed by atoms with Gasteiger partial charge < -0.3 is 0 Å². The summed E-state index contributed by atoms with van der Waals surface area (Å²) < 4.78 is 40.6. The number of benzene rings is 3. The Morgan fingerprint density at radius 1 is 1.00 bits per heavy atom. The van der Waals surface area contributed by atoms with E-state index in [-0.39, 0.29) is 12.1 Å². The van der Waals surface area contributed by atoms with Crippen LogP contribution in [0, 0.1) is 0 Å². The molecule has 0 fully saturated rings. The van der Waals surface area contributed by atoms with Crippen LogP contribution in [-0.2, 0) is 17.4 Å². The Bertz CT molecular complexity index is 1210. The van der Waals surface area contributed by atoms with Crippen molar-refractivity contribution in [1.82, 2.24) is 9.78 Å². The lowest BCUT2D eigenvalue weighted by atomic mass is 9.99. The molecule has 1 heterocycles. The van der Waals surface area contributed by atoms with E-state index in [1.807, 2.05) is 42.5 Å². The molecule has 0 N–H and O–H groups in total. The lowest BCUT2D eigenvalue weighted by Gasteiger charge is -2.08. The third-order valence-corrected chi connectivity index (χ3v) is 4.74. The minimum atomic E-state index is -4.46. The lowest BCUT2D eigenvalue weighted by molar-refractivity contribution is -0.137. The summed E-state index contributed by atoms with van der Waals surface area (Å²) in [5.74, 6) is 0. The molecule has 7 heteroatoms. The number of hydrogen-bond donors (Lipinski definition) is 0. The van der Waals surface area contributed by atoms with Crippen molar-refractivity contribution in [2.24, 2.45) is 0 Å². The molecule has 0 saturated heterocycles. The molecule has 4 aromatic rings. The van der Waals surface area contributed by atoms with Gasteiger partial charge in [0, 0.05) is 17.3 Å². The topological polar surface area (TPSA) is 34.9 Å². The van der Waals surface area contributed by atoms with E-state index in [1.165, 1.54) is 16.8 Å². The van der Waals surface area contributed by atoms with Crippen LogP contribution in [-0.4, -0.2) is 15.0 Å². The molecule has 0 radical (unpaired) electrons. The number of halogens is 4. The van der Waals surface area contributed by atoms with E-state index < -0.39 is 17.0 Å². The van der Waals surface area contributed by atoms with Gasteiger partial charge in [-0.1, -0.05) is 48.5 Å². The predicted molar refractivity (Wildman–Crippen MR) is 106 cm³/mol. The molecular weight excluding hydrogens is 401 g/mol. The van der Waals surface area contributed by atoms with Crippen LogP contribution in [0.25, 0.3) is 27.7 Å². The van der Waals surface area contributed by atoms with Gasteiger partial charge in [-0.2, -0.15) is 18.3 Å². The average molecular weight is 415 g/mol. The van der Waals surface area contributed by atoms with Crippen molar-refractivity contribution >= 4 is 27.6 Å². The molecule has 0 aliphatic heterocycles. The maximum atomic E-state index is 13.1. The molecule has 0 spiro atoms. The van der Waals surface area contributed by atoms with Crippen LogP contribution in [0.3, 0.4) is 0 Å². The zero-order valence-corrected chi connectivity index (χ0v) is 15.7. The van der Waals surface area contributed by atoms with E-state index >= 15 is 0 Å². The van der Waals surface area contributed by atoms with E-state index in [4.69, 9.17) is 11.6 Å². The monoisotopic (exact) mass is 414 g/mol. The summed E-state index contributed by atoms with van der Waals surface area (Å²) in [6.07, 6.45) is -3.00. The summed E-state index contributed by atoms with van der Waals surface area (Å²) in [4.78, 5) is 11.6. The first-order valence-electron chi connectivity index (χ1n) is 8.75. The molecule has 0 saturated carbocycles. The van der Waals surface area contributed by atoms with Gasteiger partial charge in [-0.15, -0.1) is 0 Å². The molecule has 4 rings (SSSR count). The van der Waals surface area contributed by atoms with Gasteiger partial charge >= 0.3 is 6.18 Å². The van der Waals surface area contributed by atoms with Crippen molar-refractivity contribution in [3.8, 4) is 16.9 Å². The van der Waals surface area contributed by atoms with Gasteiger partial charge in [-0.05, 0) is 40.6 Å². The first-order chi connectivity index (χ1) is 13.8. The second kappa shape index (κ2) is 7.37. The van der Waals surface area contributed by atoms with Crippen LogP contribution < -0.4 is 0 Å². The summed E-state index contributed by atoms with van der Waals surface area (Å²) >= 11 is 5.61. The van der Waals surface area contributed by atoms with E-state index in [1.54, 1.807) is 6.20 Å². The Kier molecular flexibility index (Phi) is 4.88. The molecule has 3 aromatic carbocycles. The molecule has 146 valence electrons. The highest BCUT2D eigenvalue weighted by Crippen LogP contribution is 2.33. The van der Waals surface area contributed by atoms with Crippen LogP contribution >= 0.6 is 11.6 Å². The molecular formula is C22H14ClF3N2O. The van der Waals surface area contributed by atoms with Gasteiger partial charge in [0.2, 0.25) is 5.24 Å². The number of hydrogen-bond acceptors (Lipinski definition) is 2. The number of carbonyl (C=O) groups excluding carboxylic acids is 1. The molecule has 1 aromatic heterocycles. The molecule has 0 amide bonds. The Morgan fingerprint density at radius 3 is 2.48 bits per heavy atom. The van der Waals surface area contributed by atoms with E-state index in [9.17, 15) is 18.0 Å². The van der Waals surface area contributed by atoms with E-state index in [2.05, 4.69) is 5.10 Å². The summed E-state index contributed by atoms with van der Waals surface area (Å²) in [6.45, 7) is 0. The maximum Gasteiger partial charge on any atom is 0.416 e. The molecule has 0 aliphatic carbocycles. The molecule has 3 nitrogen and oxygen atoms in total. The van der Waals surface area contributed by atoms with Crippen molar-refractivity contribution < 1.29 is 18.0 Å². The molecule has 0 atom stereocenters. The van der Waals surface area contributed by atoms with Gasteiger partial charge in [0.15, 0.2) is 0 Å². The minimum Gasteiger partial charge on any atom is -0.281 e. The number of aromatic nitrogens is 2. The Labute approximate surface area is 169 Å². The van der Waals surface area contributed by atoms with E-state index in [0.29, 0.717) is 11.3 Å². The number of fused-ring (bicyclic) bond motifs is 1. The normalized spacial score (nSPS) is 11.7. The fraction of sp³-hybridized carbons (Fsp3) is 0.0909. The van der Waals surface area contributed by atoms with E-state index in [0.717, 1.165) is 28.5 Å². The first kappa shape index (κ1) is 19.2. The fourth-order valence-electron chi connectivity index (χ4n) is 3.30. The molecule has 0 aliphatic rings. The number of carbonyl (C=O) groups is 1. The van der Waals surface area contributed by atoms with Crippen molar-refractivity contribution in [3.05, 3.63) is 84.1 Å². The molecule has 0 unspecified atom stereocenters.